The van der Waals surface area contributed by atoms with Crippen LogP contribution >= 0.6 is 0 Å². The average Bonchev–Trinajstić information content (AvgIpc) is 2.46. The molecule has 0 radical (unpaired) electrons. The van der Waals surface area contributed by atoms with Crippen LogP contribution in [-0.2, 0) is 11.3 Å². The zero-order chi connectivity index (χ0) is 15.5. The predicted molar refractivity (Wildman–Crippen MR) is 82.1 cm³/mol. The van der Waals surface area contributed by atoms with E-state index in [-0.39, 0.29) is 6.09 Å². The van der Waals surface area contributed by atoms with Crippen molar-refractivity contribution in [2.45, 2.75) is 32.9 Å². The van der Waals surface area contributed by atoms with Gasteiger partial charge in [0.1, 0.15) is 11.4 Å². The first-order valence-electron chi connectivity index (χ1n) is 7.27. The van der Waals surface area contributed by atoms with Crippen LogP contribution in [0.3, 0.4) is 0 Å². The summed E-state index contributed by atoms with van der Waals surface area (Å²) in [4.78, 5) is 20.3. The molecule has 6 nitrogen and oxygen atoms in total. The second kappa shape index (κ2) is 6.30. The molecule has 1 aliphatic rings. The van der Waals surface area contributed by atoms with Gasteiger partial charge in [0.05, 0.1) is 0 Å². The number of rotatable bonds is 2. The van der Waals surface area contributed by atoms with Crippen LogP contribution in [-0.4, -0.2) is 47.8 Å². The number of nitrogens with two attached hydrogens (primary N) is 1. The molecule has 21 heavy (non-hydrogen) atoms. The van der Waals surface area contributed by atoms with E-state index in [2.05, 4.69) is 9.88 Å². The first-order valence-corrected chi connectivity index (χ1v) is 7.27. The molecule has 0 aromatic carbocycles. The molecule has 6 heteroatoms. The Hall–Kier alpha value is -1.82. The van der Waals surface area contributed by atoms with Crippen LogP contribution in [0.5, 0.6) is 0 Å². The van der Waals surface area contributed by atoms with Crippen LogP contribution in [0.2, 0.25) is 0 Å². The zero-order valence-electron chi connectivity index (χ0n) is 13.0. The molecule has 116 valence electrons. The van der Waals surface area contributed by atoms with Gasteiger partial charge in [-0.2, -0.15) is 0 Å². The highest BCUT2D eigenvalue weighted by molar-refractivity contribution is 5.68. The van der Waals surface area contributed by atoms with Gasteiger partial charge in [-0.25, -0.2) is 9.78 Å². The standard InChI is InChI=1S/C15H24N4O2/c1-15(2,3)21-14(20)19-8-6-18(7-9-19)13-10-12(11-16)4-5-17-13/h4-5,10H,6-9,11,16H2,1-3H3. The van der Waals surface area contributed by atoms with Gasteiger partial charge in [0.15, 0.2) is 0 Å². The van der Waals surface area contributed by atoms with Crippen molar-refractivity contribution in [1.82, 2.24) is 9.88 Å². The van der Waals surface area contributed by atoms with Crippen LogP contribution in [0.4, 0.5) is 10.6 Å². The van der Waals surface area contributed by atoms with E-state index < -0.39 is 5.60 Å². The Morgan fingerprint density at radius 2 is 2.00 bits per heavy atom. The van der Waals surface area contributed by atoms with Crippen LogP contribution < -0.4 is 10.6 Å². The summed E-state index contributed by atoms with van der Waals surface area (Å²) in [6.07, 6.45) is 1.53. The molecule has 0 atom stereocenters. The largest absolute Gasteiger partial charge is 0.444 e. The molecular weight excluding hydrogens is 268 g/mol. The highest BCUT2D eigenvalue weighted by Crippen LogP contribution is 2.16. The third-order valence-corrected chi connectivity index (χ3v) is 3.30. The number of anilines is 1. The minimum Gasteiger partial charge on any atom is -0.444 e. The summed E-state index contributed by atoms with van der Waals surface area (Å²) < 4.78 is 5.39. The molecule has 1 aromatic rings. The van der Waals surface area contributed by atoms with Gasteiger partial charge in [-0.1, -0.05) is 0 Å². The fraction of sp³-hybridized carbons (Fsp3) is 0.600. The van der Waals surface area contributed by atoms with Crippen LogP contribution in [0, 0.1) is 0 Å². The van der Waals surface area contributed by atoms with Crippen LogP contribution in [0.1, 0.15) is 26.3 Å². The Balaban J connectivity index is 1.92. The summed E-state index contributed by atoms with van der Waals surface area (Å²) in [5.41, 5.74) is 6.26. The lowest BCUT2D eigenvalue weighted by molar-refractivity contribution is 0.0240. The molecule has 2 heterocycles. The Bertz CT molecular complexity index is 491. The van der Waals surface area contributed by atoms with Gasteiger partial charge in [-0.3, -0.25) is 0 Å². The number of carbonyl (C=O) groups is 1. The van der Waals surface area contributed by atoms with Gasteiger partial charge in [-0.15, -0.1) is 0 Å². The van der Waals surface area contributed by atoms with Crippen molar-refractivity contribution in [3.63, 3.8) is 0 Å². The molecule has 1 amide bonds. The van der Waals surface area contributed by atoms with Crippen molar-refractivity contribution >= 4 is 11.9 Å². The number of ether oxygens (including phenoxy) is 1. The van der Waals surface area contributed by atoms with Gasteiger partial charge in [-0.05, 0) is 38.5 Å². The smallest absolute Gasteiger partial charge is 0.410 e. The number of pyridine rings is 1. The van der Waals surface area contributed by atoms with E-state index in [1.807, 2.05) is 32.9 Å². The summed E-state index contributed by atoms with van der Waals surface area (Å²) >= 11 is 0. The molecule has 0 bridgehead atoms. The Labute approximate surface area is 125 Å². The van der Waals surface area contributed by atoms with Crippen LogP contribution in [0.15, 0.2) is 18.3 Å². The number of piperazine rings is 1. The maximum absolute atomic E-state index is 12.0. The lowest BCUT2D eigenvalue weighted by Crippen LogP contribution is -2.50. The van der Waals surface area contributed by atoms with E-state index >= 15 is 0 Å². The van der Waals surface area contributed by atoms with Crippen molar-refractivity contribution in [3.05, 3.63) is 23.9 Å². The molecule has 2 rings (SSSR count). The minimum atomic E-state index is -0.453. The number of hydrogen-bond donors (Lipinski definition) is 1. The fourth-order valence-electron chi connectivity index (χ4n) is 2.21. The third kappa shape index (κ3) is 4.32. The van der Waals surface area contributed by atoms with Gasteiger partial charge in [0.25, 0.3) is 0 Å². The van der Waals surface area contributed by atoms with Crippen molar-refractivity contribution < 1.29 is 9.53 Å². The molecule has 0 aliphatic carbocycles. The molecule has 0 saturated carbocycles. The maximum atomic E-state index is 12.0. The Kier molecular flexibility index (Phi) is 4.67. The Morgan fingerprint density at radius 1 is 1.33 bits per heavy atom. The van der Waals surface area contributed by atoms with E-state index in [1.165, 1.54) is 0 Å². The summed E-state index contributed by atoms with van der Waals surface area (Å²) in [7, 11) is 0. The molecule has 1 aromatic heterocycles. The molecule has 0 spiro atoms. The summed E-state index contributed by atoms with van der Waals surface area (Å²) in [6.45, 7) is 8.93. The normalized spacial score (nSPS) is 16.0. The maximum Gasteiger partial charge on any atom is 0.410 e. The van der Waals surface area contributed by atoms with Crippen molar-refractivity contribution in [1.29, 1.82) is 0 Å². The summed E-state index contributed by atoms with van der Waals surface area (Å²) in [5.74, 6) is 0.918. The van der Waals surface area contributed by atoms with Crippen molar-refractivity contribution in [3.8, 4) is 0 Å². The van der Waals surface area contributed by atoms with Gasteiger partial charge < -0.3 is 20.3 Å². The third-order valence-electron chi connectivity index (χ3n) is 3.30. The second-order valence-corrected chi connectivity index (χ2v) is 6.18. The number of carbonyl (C=O) groups excluding carboxylic acids is 1. The van der Waals surface area contributed by atoms with Gasteiger partial charge in [0, 0.05) is 38.9 Å². The number of amides is 1. The SMILES string of the molecule is CC(C)(C)OC(=O)N1CCN(c2cc(CN)ccn2)CC1. The number of aromatic nitrogens is 1. The highest BCUT2D eigenvalue weighted by Gasteiger charge is 2.26. The first kappa shape index (κ1) is 15.6. The zero-order valence-corrected chi connectivity index (χ0v) is 13.0. The second-order valence-electron chi connectivity index (χ2n) is 6.18. The summed E-state index contributed by atoms with van der Waals surface area (Å²) in [5, 5.41) is 0. The highest BCUT2D eigenvalue weighted by atomic mass is 16.6. The lowest BCUT2D eigenvalue weighted by Gasteiger charge is -2.36. The summed E-state index contributed by atoms with van der Waals surface area (Å²) in [6, 6.07) is 3.92. The van der Waals surface area contributed by atoms with Gasteiger partial charge >= 0.3 is 6.09 Å². The predicted octanol–water partition coefficient (Wildman–Crippen LogP) is 1.60. The van der Waals surface area contributed by atoms with Crippen LogP contribution in [0.25, 0.3) is 0 Å². The topological polar surface area (TPSA) is 71.7 Å². The van der Waals surface area contributed by atoms with E-state index in [4.69, 9.17) is 10.5 Å². The average molecular weight is 292 g/mol. The first-order chi connectivity index (χ1) is 9.89. The van der Waals surface area contributed by atoms with E-state index in [1.54, 1.807) is 11.1 Å². The fourth-order valence-corrected chi connectivity index (χ4v) is 2.21. The monoisotopic (exact) mass is 292 g/mol. The van der Waals surface area contributed by atoms with Gasteiger partial charge in [0.2, 0.25) is 0 Å². The Morgan fingerprint density at radius 3 is 2.57 bits per heavy atom. The number of hydrogen-bond acceptors (Lipinski definition) is 5. The van der Waals surface area contributed by atoms with E-state index in [0.717, 1.165) is 24.5 Å². The molecule has 2 N–H and O–H groups in total. The number of nitrogens with zero attached hydrogens (tertiary/aromatic N) is 3. The van der Waals surface area contributed by atoms with Crippen molar-refractivity contribution in [2.24, 2.45) is 5.73 Å². The van der Waals surface area contributed by atoms with E-state index in [0.29, 0.717) is 19.6 Å². The van der Waals surface area contributed by atoms with Crippen molar-refractivity contribution in [2.75, 3.05) is 31.1 Å². The molecule has 1 aliphatic heterocycles. The minimum absolute atomic E-state index is 0.245. The quantitative estimate of drug-likeness (QED) is 0.896. The lowest BCUT2D eigenvalue weighted by atomic mass is 10.2. The molecule has 1 fully saturated rings. The molecule has 0 unspecified atom stereocenters. The van der Waals surface area contributed by atoms with E-state index in [9.17, 15) is 4.79 Å². The molecule has 1 saturated heterocycles. The molecular formula is C15H24N4O2.